The first-order valence-corrected chi connectivity index (χ1v) is 7.96. The second-order valence-electron chi connectivity index (χ2n) is 5.97. The molecule has 0 radical (unpaired) electrons. The number of carbonyl (C=O) groups is 1. The van der Waals surface area contributed by atoms with Gasteiger partial charge >= 0.3 is 0 Å². The van der Waals surface area contributed by atoms with E-state index in [1.165, 1.54) is 0 Å². The van der Waals surface area contributed by atoms with E-state index < -0.39 is 0 Å². The second-order valence-corrected chi connectivity index (χ2v) is 5.97. The average molecular weight is 388 g/mol. The van der Waals surface area contributed by atoms with Crippen molar-refractivity contribution in [3.05, 3.63) is 30.3 Å². The molecule has 2 heterocycles. The molecule has 1 aliphatic rings. The van der Waals surface area contributed by atoms with Crippen LogP contribution in [-0.2, 0) is 11.2 Å². The molecule has 2 aromatic heterocycles. The lowest BCUT2D eigenvalue weighted by Gasteiger charge is -2.28. The van der Waals surface area contributed by atoms with Crippen molar-refractivity contribution in [3.63, 3.8) is 0 Å². The van der Waals surface area contributed by atoms with E-state index in [1.807, 2.05) is 18.2 Å². The molecule has 7 nitrogen and oxygen atoms in total. The van der Waals surface area contributed by atoms with Crippen LogP contribution in [0.4, 0.5) is 0 Å². The summed E-state index contributed by atoms with van der Waals surface area (Å²) in [5.74, 6) is 0.860. The number of rotatable bonds is 6. The van der Waals surface area contributed by atoms with Gasteiger partial charge in [0.2, 0.25) is 17.6 Å². The van der Waals surface area contributed by atoms with Crippen molar-refractivity contribution in [2.75, 3.05) is 6.54 Å². The first-order chi connectivity index (χ1) is 11.2. The molecule has 3 N–H and O–H groups in total. The van der Waals surface area contributed by atoms with Gasteiger partial charge < -0.3 is 15.6 Å². The molecule has 1 fully saturated rings. The molecule has 0 saturated heterocycles. The summed E-state index contributed by atoms with van der Waals surface area (Å²) in [6.07, 6.45) is 6.55. The summed E-state index contributed by atoms with van der Waals surface area (Å²) in [5, 5.41) is 6.98. The number of nitrogens with two attached hydrogens (primary N) is 1. The number of pyridine rings is 1. The molecule has 0 atom stereocenters. The summed E-state index contributed by atoms with van der Waals surface area (Å²) in [6.45, 7) is 0.489. The Morgan fingerprint density at radius 2 is 2.04 bits per heavy atom. The highest BCUT2D eigenvalue weighted by atomic mass is 35.5. The minimum Gasteiger partial charge on any atom is -0.349 e. The van der Waals surface area contributed by atoms with Gasteiger partial charge in [-0.05, 0) is 25.0 Å². The van der Waals surface area contributed by atoms with Crippen LogP contribution in [0.25, 0.3) is 11.5 Å². The summed E-state index contributed by atoms with van der Waals surface area (Å²) >= 11 is 0. The van der Waals surface area contributed by atoms with E-state index >= 15 is 0 Å². The van der Waals surface area contributed by atoms with Crippen LogP contribution in [0.3, 0.4) is 0 Å². The molecule has 1 saturated carbocycles. The van der Waals surface area contributed by atoms with E-state index in [0.717, 1.165) is 25.7 Å². The number of nitrogens with zero attached hydrogens (tertiary/aromatic N) is 3. The Hall–Kier alpha value is -1.70. The van der Waals surface area contributed by atoms with Crippen molar-refractivity contribution in [3.8, 4) is 11.5 Å². The zero-order valence-electron chi connectivity index (χ0n) is 13.8. The highest BCUT2D eigenvalue weighted by Gasteiger charge is 2.33. The molecule has 9 heteroatoms. The molecule has 25 heavy (non-hydrogen) atoms. The maximum absolute atomic E-state index is 12.1. The molecule has 0 aromatic carbocycles. The second kappa shape index (κ2) is 9.70. The van der Waals surface area contributed by atoms with E-state index in [4.69, 9.17) is 10.3 Å². The number of carbonyl (C=O) groups excluding carboxylic acids is 1. The number of aryl methyl sites for hydroxylation is 1. The molecule has 2 aromatic rings. The number of hydrogen-bond acceptors (Lipinski definition) is 6. The van der Waals surface area contributed by atoms with Crippen molar-refractivity contribution in [2.24, 2.45) is 5.73 Å². The Morgan fingerprint density at radius 1 is 1.28 bits per heavy atom. The van der Waals surface area contributed by atoms with E-state index in [9.17, 15) is 4.79 Å². The Morgan fingerprint density at radius 3 is 2.68 bits per heavy atom. The summed E-state index contributed by atoms with van der Waals surface area (Å²) in [6, 6.07) is 5.50. The highest BCUT2D eigenvalue weighted by molar-refractivity contribution is 5.85. The van der Waals surface area contributed by atoms with E-state index in [0.29, 0.717) is 36.8 Å². The minimum atomic E-state index is -0.217. The van der Waals surface area contributed by atoms with Crippen LogP contribution in [0, 0.1) is 0 Å². The third kappa shape index (κ3) is 5.39. The van der Waals surface area contributed by atoms with Crippen molar-refractivity contribution in [1.29, 1.82) is 0 Å². The van der Waals surface area contributed by atoms with Gasteiger partial charge in [0.05, 0.1) is 5.54 Å². The first kappa shape index (κ1) is 21.3. The quantitative estimate of drug-likeness (QED) is 0.786. The van der Waals surface area contributed by atoms with Gasteiger partial charge in [-0.3, -0.25) is 9.78 Å². The molecular formula is C16H23Cl2N5O2. The van der Waals surface area contributed by atoms with E-state index in [2.05, 4.69) is 20.4 Å². The summed E-state index contributed by atoms with van der Waals surface area (Å²) in [7, 11) is 0. The third-order valence-corrected chi connectivity index (χ3v) is 4.28. The van der Waals surface area contributed by atoms with Crippen molar-refractivity contribution in [2.45, 2.75) is 44.1 Å². The monoisotopic (exact) mass is 387 g/mol. The molecule has 138 valence electrons. The average Bonchev–Trinajstić information content (AvgIpc) is 3.24. The lowest BCUT2D eigenvalue weighted by molar-refractivity contribution is -0.123. The number of amides is 1. The molecule has 0 spiro atoms. The molecule has 0 bridgehead atoms. The fourth-order valence-electron chi connectivity index (χ4n) is 2.97. The lowest BCUT2D eigenvalue weighted by atomic mass is 9.97. The fraction of sp³-hybridized carbons (Fsp3) is 0.500. The van der Waals surface area contributed by atoms with Crippen LogP contribution in [-0.4, -0.2) is 33.1 Å². The predicted molar refractivity (Wildman–Crippen MR) is 98.7 cm³/mol. The van der Waals surface area contributed by atoms with Gasteiger partial charge in [0.1, 0.15) is 5.69 Å². The van der Waals surface area contributed by atoms with Crippen LogP contribution in [0.15, 0.2) is 28.9 Å². The van der Waals surface area contributed by atoms with Gasteiger partial charge in [0.25, 0.3) is 0 Å². The van der Waals surface area contributed by atoms with Gasteiger partial charge in [-0.25, -0.2) is 0 Å². The molecule has 0 aliphatic heterocycles. The van der Waals surface area contributed by atoms with Crippen molar-refractivity contribution < 1.29 is 9.32 Å². The molecule has 0 unspecified atom stereocenters. The van der Waals surface area contributed by atoms with E-state index in [-0.39, 0.29) is 36.3 Å². The Kier molecular flexibility index (Phi) is 8.28. The maximum atomic E-state index is 12.1. The fourth-order valence-corrected chi connectivity index (χ4v) is 2.97. The topological polar surface area (TPSA) is 107 Å². The number of nitrogens with one attached hydrogen (secondary N) is 1. The lowest BCUT2D eigenvalue weighted by Crippen LogP contribution is -2.51. The summed E-state index contributed by atoms with van der Waals surface area (Å²) in [5.41, 5.74) is 6.27. The van der Waals surface area contributed by atoms with Crippen LogP contribution in [0.2, 0.25) is 0 Å². The molecule has 1 amide bonds. The van der Waals surface area contributed by atoms with Gasteiger partial charge in [-0.1, -0.05) is 24.1 Å². The minimum absolute atomic E-state index is 0. The zero-order chi connectivity index (χ0) is 16.1. The summed E-state index contributed by atoms with van der Waals surface area (Å²) in [4.78, 5) is 20.6. The number of halogens is 2. The molecule has 3 rings (SSSR count). The van der Waals surface area contributed by atoms with Crippen molar-refractivity contribution in [1.82, 2.24) is 20.4 Å². The van der Waals surface area contributed by atoms with Gasteiger partial charge in [-0.15, -0.1) is 24.8 Å². The summed E-state index contributed by atoms with van der Waals surface area (Å²) < 4.78 is 5.19. The molecule has 1 aliphatic carbocycles. The van der Waals surface area contributed by atoms with Crippen LogP contribution >= 0.6 is 24.8 Å². The largest absolute Gasteiger partial charge is 0.349 e. The Bertz CT molecular complexity index is 660. The van der Waals surface area contributed by atoms with Gasteiger partial charge in [-0.2, -0.15) is 4.98 Å². The van der Waals surface area contributed by atoms with Crippen LogP contribution in [0.5, 0.6) is 0 Å². The number of hydrogen-bond donors (Lipinski definition) is 2. The van der Waals surface area contributed by atoms with E-state index in [1.54, 1.807) is 6.20 Å². The Balaban J connectivity index is 0.00000156. The highest BCUT2D eigenvalue weighted by Crippen LogP contribution is 2.28. The first-order valence-electron chi connectivity index (χ1n) is 7.96. The SMILES string of the molecule is Cl.Cl.NCC1(NC(=O)CCc2nc(-c3ccccn3)no2)CCCC1. The van der Waals surface area contributed by atoms with Crippen LogP contribution in [0.1, 0.15) is 38.0 Å². The Labute approximate surface area is 159 Å². The number of aromatic nitrogens is 3. The maximum Gasteiger partial charge on any atom is 0.227 e. The smallest absolute Gasteiger partial charge is 0.227 e. The third-order valence-electron chi connectivity index (χ3n) is 4.28. The molecular weight excluding hydrogens is 365 g/mol. The zero-order valence-corrected chi connectivity index (χ0v) is 15.4. The van der Waals surface area contributed by atoms with Gasteiger partial charge in [0.15, 0.2) is 0 Å². The predicted octanol–water partition coefficient (Wildman–Crippen LogP) is 2.30. The normalized spacial score (nSPS) is 15.1. The van der Waals surface area contributed by atoms with Gasteiger partial charge in [0, 0.05) is 25.6 Å². The van der Waals surface area contributed by atoms with Crippen molar-refractivity contribution >= 4 is 30.7 Å². The standard InChI is InChI=1S/C16H21N5O2.2ClH/c17-11-16(8-2-3-9-16)20-13(22)6-7-14-19-15(21-23-14)12-5-1-4-10-18-12;;/h1,4-5,10H,2-3,6-9,11,17H2,(H,20,22);2*1H. The van der Waals surface area contributed by atoms with Crippen LogP contribution < -0.4 is 11.1 Å².